The molecule has 1 heterocycles. The Balaban J connectivity index is 1.63. The van der Waals surface area contributed by atoms with Gasteiger partial charge in [-0.2, -0.15) is 0 Å². The molecule has 1 saturated carbocycles. The van der Waals surface area contributed by atoms with Gasteiger partial charge in [-0.15, -0.1) is 0 Å². The predicted molar refractivity (Wildman–Crippen MR) is 74.7 cm³/mol. The average molecular weight is 244 g/mol. The zero-order valence-corrected chi connectivity index (χ0v) is 11.5. The summed E-state index contributed by atoms with van der Waals surface area (Å²) in [6, 6.07) is 5.15. The molecule has 2 nitrogen and oxygen atoms in total. The molecule has 1 N–H and O–H groups in total. The second kappa shape index (κ2) is 5.00. The Kier molecular flexibility index (Phi) is 3.38. The van der Waals surface area contributed by atoms with Gasteiger partial charge in [0.2, 0.25) is 0 Å². The van der Waals surface area contributed by atoms with Crippen LogP contribution in [-0.2, 0) is 6.42 Å². The van der Waals surface area contributed by atoms with E-state index < -0.39 is 0 Å². The first-order valence-electron chi connectivity index (χ1n) is 7.43. The molecule has 0 radical (unpaired) electrons. The van der Waals surface area contributed by atoms with Gasteiger partial charge in [0.1, 0.15) is 0 Å². The first-order valence-corrected chi connectivity index (χ1v) is 7.43. The number of aromatic nitrogens is 1. The minimum absolute atomic E-state index is 0.678. The topological polar surface area (TPSA) is 24.9 Å². The molecule has 1 fully saturated rings. The van der Waals surface area contributed by atoms with E-state index in [0.717, 1.165) is 17.9 Å². The molecule has 3 atom stereocenters. The molecular weight excluding hydrogens is 220 g/mol. The highest BCUT2D eigenvalue weighted by molar-refractivity contribution is 5.29. The standard InChI is InChI=1S/C16H24N2/c1-11(10-18-14-6-7-14)12(2)15-8-5-13-4-3-9-17-16(13)15/h3-4,9,11-12,14-15,18H,5-8,10H2,1-2H3. The fourth-order valence-electron chi connectivity index (χ4n) is 3.18. The maximum atomic E-state index is 4.63. The predicted octanol–water partition coefficient (Wildman–Crippen LogP) is 3.14. The molecule has 0 bridgehead atoms. The number of aryl methyl sites for hydroxylation is 1. The van der Waals surface area contributed by atoms with Gasteiger partial charge in [-0.3, -0.25) is 4.98 Å². The first kappa shape index (κ1) is 12.2. The molecule has 18 heavy (non-hydrogen) atoms. The number of rotatable bonds is 5. The minimum atomic E-state index is 0.678. The highest BCUT2D eigenvalue weighted by Crippen LogP contribution is 2.39. The van der Waals surface area contributed by atoms with Crippen molar-refractivity contribution >= 4 is 0 Å². The van der Waals surface area contributed by atoms with Gasteiger partial charge in [-0.25, -0.2) is 0 Å². The number of hydrogen-bond acceptors (Lipinski definition) is 2. The van der Waals surface area contributed by atoms with Crippen LogP contribution in [0.3, 0.4) is 0 Å². The molecule has 0 aromatic carbocycles. The smallest absolute Gasteiger partial charge is 0.0469 e. The average Bonchev–Trinajstić information content (AvgIpc) is 3.13. The Labute approximate surface area is 110 Å². The largest absolute Gasteiger partial charge is 0.314 e. The van der Waals surface area contributed by atoms with E-state index in [1.54, 1.807) is 0 Å². The van der Waals surface area contributed by atoms with E-state index in [-0.39, 0.29) is 0 Å². The monoisotopic (exact) mass is 244 g/mol. The lowest BCUT2D eigenvalue weighted by atomic mass is 9.82. The van der Waals surface area contributed by atoms with Gasteiger partial charge in [0.25, 0.3) is 0 Å². The van der Waals surface area contributed by atoms with Gasteiger partial charge in [0.15, 0.2) is 0 Å². The van der Waals surface area contributed by atoms with Gasteiger partial charge in [-0.1, -0.05) is 19.9 Å². The van der Waals surface area contributed by atoms with Gasteiger partial charge >= 0.3 is 0 Å². The van der Waals surface area contributed by atoms with Gasteiger partial charge in [0.05, 0.1) is 0 Å². The SMILES string of the molecule is CC(CNC1CC1)C(C)C1CCc2cccnc21. The second-order valence-electron chi connectivity index (χ2n) is 6.21. The van der Waals surface area contributed by atoms with Gasteiger partial charge in [0, 0.05) is 23.9 Å². The van der Waals surface area contributed by atoms with Crippen molar-refractivity contribution in [2.75, 3.05) is 6.54 Å². The molecular formula is C16H24N2. The normalized spacial score (nSPS) is 25.8. The number of nitrogens with one attached hydrogen (secondary N) is 1. The van der Waals surface area contributed by atoms with E-state index in [1.807, 2.05) is 6.20 Å². The summed E-state index contributed by atoms with van der Waals surface area (Å²) < 4.78 is 0. The zero-order chi connectivity index (χ0) is 12.5. The molecule has 1 aromatic heterocycles. The number of fused-ring (bicyclic) bond motifs is 1. The van der Waals surface area contributed by atoms with E-state index in [9.17, 15) is 0 Å². The lowest BCUT2D eigenvalue weighted by molar-refractivity contribution is 0.307. The molecule has 0 amide bonds. The van der Waals surface area contributed by atoms with Crippen LogP contribution < -0.4 is 5.32 Å². The molecule has 0 saturated heterocycles. The third kappa shape index (κ3) is 2.44. The van der Waals surface area contributed by atoms with E-state index in [2.05, 4.69) is 36.3 Å². The lowest BCUT2D eigenvalue weighted by Gasteiger charge is -2.26. The maximum Gasteiger partial charge on any atom is 0.0469 e. The highest BCUT2D eigenvalue weighted by atomic mass is 14.9. The van der Waals surface area contributed by atoms with Crippen LogP contribution in [0.2, 0.25) is 0 Å². The van der Waals surface area contributed by atoms with Crippen molar-refractivity contribution < 1.29 is 0 Å². The highest BCUT2D eigenvalue weighted by Gasteiger charge is 2.31. The summed E-state index contributed by atoms with van der Waals surface area (Å²) in [7, 11) is 0. The molecule has 0 spiro atoms. The van der Waals surface area contributed by atoms with Crippen LogP contribution in [0.15, 0.2) is 18.3 Å². The Morgan fingerprint density at radius 1 is 1.33 bits per heavy atom. The summed E-state index contributed by atoms with van der Waals surface area (Å²) in [6.07, 6.45) is 7.24. The molecule has 98 valence electrons. The van der Waals surface area contributed by atoms with Crippen molar-refractivity contribution in [2.45, 2.75) is 51.5 Å². The van der Waals surface area contributed by atoms with E-state index in [4.69, 9.17) is 0 Å². The van der Waals surface area contributed by atoms with Gasteiger partial charge < -0.3 is 5.32 Å². The minimum Gasteiger partial charge on any atom is -0.314 e. The third-order valence-electron chi connectivity index (χ3n) is 4.84. The van der Waals surface area contributed by atoms with Crippen molar-refractivity contribution in [1.82, 2.24) is 10.3 Å². The van der Waals surface area contributed by atoms with Crippen LogP contribution in [0, 0.1) is 11.8 Å². The fraction of sp³-hybridized carbons (Fsp3) is 0.688. The van der Waals surface area contributed by atoms with E-state index in [0.29, 0.717) is 5.92 Å². The third-order valence-corrected chi connectivity index (χ3v) is 4.84. The van der Waals surface area contributed by atoms with Crippen LogP contribution >= 0.6 is 0 Å². The first-order chi connectivity index (χ1) is 8.75. The van der Waals surface area contributed by atoms with Crippen molar-refractivity contribution in [3.05, 3.63) is 29.6 Å². The summed E-state index contributed by atoms with van der Waals surface area (Å²) in [6.45, 7) is 5.97. The van der Waals surface area contributed by atoms with Crippen LogP contribution in [0.25, 0.3) is 0 Å². The Bertz CT molecular complexity index is 411. The number of nitrogens with zero attached hydrogens (tertiary/aromatic N) is 1. The Hall–Kier alpha value is -0.890. The van der Waals surface area contributed by atoms with Crippen LogP contribution in [-0.4, -0.2) is 17.6 Å². The molecule has 2 aliphatic carbocycles. The van der Waals surface area contributed by atoms with Crippen LogP contribution in [0.4, 0.5) is 0 Å². The molecule has 0 aliphatic heterocycles. The van der Waals surface area contributed by atoms with Crippen molar-refractivity contribution in [3.8, 4) is 0 Å². The quantitative estimate of drug-likeness (QED) is 0.860. The summed E-state index contributed by atoms with van der Waals surface area (Å²) in [5.41, 5.74) is 2.86. The molecule has 2 aliphatic rings. The van der Waals surface area contributed by atoms with Gasteiger partial charge in [-0.05, 0) is 55.7 Å². The maximum absolute atomic E-state index is 4.63. The molecule has 3 rings (SSSR count). The molecule has 1 aromatic rings. The molecule has 3 unspecified atom stereocenters. The van der Waals surface area contributed by atoms with Crippen LogP contribution in [0.1, 0.15) is 50.3 Å². The Morgan fingerprint density at radius 3 is 2.94 bits per heavy atom. The summed E-state index contributed by atoms with van der Waals surface area (Å²) in [4.78, 5) is 4.63. The van der Waals surface area contributed by atoms with E-state index in [1.165, 1.54) is 43.5 Å². The Morgan fingerprint density at radius 2 is 2.17 bits per heavy atom. The summed E-state index contributed by atoms with van der Waals surface area (Å²) in [5, 5.41) is 3.66. The number of pyridine rings is 1. The van der Waals surface area contributed by atoms with Crippen LogP contribution in [0.5, 0.6) is 0 Å². The van der Waals surface area contributed by atoms with Crippen molar-refractivity contribution in [1.29, 1.82) is 0 Å². The second-order valence-corrected chi connectivity index (χ2v) is 6.21. The summed E-state index contributed by atoms with van der Waals surface area (Å²) in [5.74, 6) is 2.15. The molecule has 2 heteroatoms. The van der Waals surface area contributed by atoms with Crippen molar-refractivity contribution in [3.63, 3.8) is 0 Å². The van der Waals surface area contributed by atoms with E-state index >= 15 is 0 Å². The number of hydrogen-bond donors (Lipinski definition) is 1. The summed E-state index contributed by atoms with van der Waals surface area (Å²) >= 11 is 0. The lowest BCUT2D eigenvalue weighted by Crippen LogP contribution is -2.29. The zero-order valence-electron chi connectivity index (χ0n) is 11.5. The van der Waals surface area contributed by atoms with Crippen molar-refractivity contribution in [2.24, 2.45) is 11.8 Å². The fourth-order valence-corrected chi connectivity index (χ4v) is 3.18.